The highest BCUT2D eigenvalue weighted by Gasteiger charge is 2.04. The van der Waals surface area contributed by atoms with Gasteiger partial charge in [-0.15, -0.1) is 0 Å². The summed E-state index contributed by atoms with van der Waals surface area (Å²) in [5.74, 6) is 0. The van der Waals surface area contributed by atoms with E-state index in [0.717, 1.165) is 24.4 Å². The van der Waals surface area contributed by atoms with Gasteiger partial charge in [0.25, 0.3) is 0 Å². The molecule has 2 aromatic carbocycles. The molecule has 0 aliphatic rings. The molecule has 0 spiro atoms. The van der Waals surface area contributed by atoms with Crippen molar-refractivity contribution in [2.24, 2.45) is 0 Å². The van der Waals surface area contributed by atoms with Crippen LogP contribution in [0.25, 0.3) is 11.0 Å². The second-order valence-electron chi connectivity index (χ2n) is 4.61. The standard InChI is InChI=1S/C16H16N2O/c17-14-5-3-4-12(8-14)9-18-10-13-11-19-16-7-2-1-6-15(13)16/h1-8,11,18H,9-10,17H2. The number of anilines is 1. The Hall–Kier alpha value is -2.26. The number of rotatable bonds is 4. The molecule has 3 rings (SSSR count). The van der Waals surface area contributed by atoms with Crippen LogP contribution in [0.15, 0.2) is 59.2 Å². The van der Waals surface area contributed by atoms with E-state index in [2.05, 4.69) is 17.4 Å². The SMILES string of the molecule is Nc1cccc(CNCc2coc3ccccc23)c1. The monoisotopic (exact) mass is 252 g/mol. The molecule has 0 bridgehead atoms. The molecule has 0 amide bonds. The van der Waals surface area contributed by atoms with E-state index >= 15 is 0 Å². The molecule has 3 nitrogen and oxygen atoms in total. The van der Waals surface area contributed by atoms with Gasteiger partial charge in [0, 0.05) is 29.7 Å². The summed E-state index contributed by atoms with van der Waals surface area (Å²) in [6.45, 7) is 1.58. The van der Waals surface area contributed by atoms with E-state index in [1.165, 1.54) is 16.5 Å². The molecule has 0 unspecified atom stereocenters. The Labute approximate surface area is 112 Å². The number of hydrogen-bond donors (Lipinski definition) is 2. The fourth-order valence-electron chi connectivity index (χ4n) is 2.21. The summed E-state index contributed by atoms with van der Waals surface area (Å²) in [4.78, 5) is 0. The van der Waals surface area contributed by atoms with Crippen molar-refractivity contribution < 1.29 is 4.42 Å². The predicted molar refractivity (Wildman–Crippen MR) is 77.6 cm³/mol. The number of nitrogens with one attached hydrogen (secondary N) is 1. The third-order valence-electron chi connectivity index (χ3n) is 3.16. The van der Waals surface area contributed by atoms with Gasteiger partial charge in [-0.05, 0) is 23.8 Å². The van der Waals surface area contributed by atoms with Crippen molar-refractivity contribution in [3.8, 4) is 0 Å². The number of furan rings is 1. The molecule has 1 heterocycles. The minimum atomic E-state index is 0.784. The number of nitrogens with two attached hydrogens (primary N) is 1. The maximum atomic E-state index is 5.76. The van der Waals surface area contributed by atoms with Gasteiger partial charge in [0.1, 0.15) is 5.58 Å². The lowest BCUT2D eigenvalue weighted by Gasteiger charge is -2.04. The minimum absolute atomic E-state index is 0.784. The van der Waals surface area contributed by atoms with Gasteiger partial charge in [0.05, 0.1) is 6.26 Å². The molecular formula is C16H16N2O. The summed E-state index contributed by atoms with van der Waals surface area (Å²) in [7, 11) is 0. The van der Waals surface area contributed by atoms with Crippen molar-refractivity contribution >= 4 is 16.7 Å². The van der Waals surface area contributed by atoms with Gasteiger partial charge >= 0.3 is 0 Å². The van der Waals surface area contributed by atoms with Crippen molar-refractivity contribution in [2.75, 3.05) is 5.73 Å². The Morgan fingerprint density at radius 3 is 2.79 bits per heavy atom. The van der Waals surface area contributed by atoms with E-state index in [1.54, 1.807) is 0 Å². The highest BCUT2D eigenvalue weighted by molar-refractivity contribution is 5.80. The summed E-state index contributed by atoms with van der Waals surface area (Å²) in [6.07, 6.45) is 1.82. The van der Waals surface area contributed by atoms with Gasteiger partial charge in [-0.3, -0.25) is 0 Å². The Morgan fingerprint density at radius 2 is 1.89 bits per heavy atom. The summed E-state index contributed by atoms with van der Waals surface area (Å²) in [5, 5.41) is 4.58. The van der Waals surface area contributed by atoms with Crippen LogP contribution in [0.2, 0.25) is 0 Å². The molecule has 0 radical (unpaired) electrons. The van der Waals surface area contributed by atoms with Crippen LogP contribution in [-0.4, -0.2) is 0 Å². The molecular weight excluding hydrogens is 236 g/mol. The summed E-state index contributed by atoms with van der Waals surface area (Å²) in [5.41, 5.74) is 9.86. The van der Waals surface area contributed by atoms with Gasteiger partial charge < -0.3 is 15.5 Å². The molecule has 1 aromatic heterocycles. The molecule has 0 saturated carbocycles. The fraction of sp³-hybridized carbons (Fsp3) is 0.125. The van der Waals surface area contributed by atoms with Gasteiger partial charge in [-0.25, -0.2) is 0 Å². The number of benzene rings is 2. The van der Waals surface area contributed by atoms with Crippen molar-refractivity contribution in [2.45, 2.75) is 13.1 Å². The topological polar surface area (TPSA) is 51.2 Å². The van der Waals surface area contributed by atoms with E-state index in [0.29, 0.717) is 0 Å². The number of fused-ring (bicyclic) bond motifs is 1. The highest BCUT2D eigenvalue weighted by Crippen LogP contribution is 2.20. The van der Waals surface area contributed by atoms with E-state index in [-0.39, 0.29) is 0 Å². The lowest BCUT2D eigenvalue weighted by molar-refractivity contribution is 0.602. The molecule has 3 aromatic rings. The van der Waals surface area contributed by atoms with Crippen molar-refractivity contribution in [1.29, 1.82) is 0 Å². The lowest BCUT2D eigenvalue weighted by atomic mass is 10.1. The second kappa shape index (κ2) is 5.16. The van der Waals surface area contributed by atoms with Crippen molar-refractivity contribution in [3.63, 3.8) is 0 Å². The molecule has 0 atom stereocenters. The van der Waals surface area contributed by atoms with E-state index in [9.17, 15) is 0 Å². The Balaban J connectivity index is 1.66. The first kappa shape index (κ1) is 11.8. The molecule has 3 heteroatoms. The molecule has 0 aliphatic heterocycles. The molecule has 3 N–H and O–H groups in total. The molecule has 0 aliphatic carbocycles. The Morgan fingerprint density at radius 1 is 1.00 bits per heavy atom. The van der Waals surface area contributed by atoms with E-state index in [4.69, 9.17) is 10.2 Å². The molecule has 96 valence electrons. The van der Waals surface area contributed by atoms with Gasteiger partial charge in [0.15, 0.2) is 0 Å². The molecule has 0 fully saturated rings. The highest BCUT2D eigenvalue weighted by atomic mass is 16.3. The van der Waals surface area contributed by atoms with Crippen LogP contribution in [0.5, 0.6) is 0 Å². The minimum Gasteiger partial charge on any atom is -0.464 e. The fourth-order valence-corrected chi connectivity index (χ4v) is 2.21. The quantitative estimate of drug-likeness (QED) is 0.700. The third-order valence-corrected chi connectivity index (χ3v) is 3.16. The zero-order chi connectivity index (χ0) is 13.1. The van der Waals surface area contributed by atoms with E-state index < -0.39 is 0 Å². The molecule has 0 saturated heterocycles. The third kappa shape index (κ3) is 2.61. The summed E-state index contributed by atoms with van der Waals surface area (Å²) < 4.78 is 5.51. The normalized spacial score (nSPS) is 10.9. The number of para-hydroxylation sites is 1. The Bertz CT molecular complexity index is 688. The summed E-state index contributed by atoms with van der Waals surface area (Å²) >= 11 is 0. The maximum absolute atomic E-state index is 5.76. The first-order chi connectivity index (χ1) is 9.33. The van der Waals surface area contributed by atoms with Crippen LogP contribution in [0.4, 0.5) is 5.69 Å². The maximum Gasteiger partial charge on any atom is 0.134 e. The predicted octanol–water partition coefficient (Wildman–Crippen LogP) is 3.30. The zero-order valence-corrected chi connectivity index (χ0v) is 10.6. The van der Waals surface area contributed by atoms with Crippen LogP contribution in [-0.2, 0) is 13.1 Å². The van der Waals surface area contributed by atoms with Gasteiger partial charge in [0.2, 0.25) is 0 Å². The summed E-state index contributed by atoms with van der Waals surface area (Å²) in [6, 6.07) is 16.0. The van der Waals surface area contributed by atoms with Crippen LogP contribution < -0.4 is 11.1 Å². The van der Waals surface area contributed by atoms with Gasteiger partial charge in [-0.2, -0.15) is 0 Å². The van der Waals surface area contributed by atoms with Crippen LogP contribution in [0.1, 0.15) is 11.1 Å². The number of nitrogen functional groups attached to an aromatic ring is 1. The van der Waals surface area contributed by atoms with Crippen LogP contribution in [0.3, 0.4) is 0 Å². The lowest BCUT2D eigenvalue weighted by Crippen LogP contribution is -2.12. The zero-order valence-electron chi connectivity index (χ0n) is 10.6. The smallest absolute Gasteiger partial charge is 0.134 e. The number of hydrogen-bond acceptors (Lipinski definition) is 3. The second-order valence-corrected chi connectivity index (χ2v) is 4.61. The average molecular weight is 252 g/mol. The first-order valence-electron chi connectivity index (χ1n) is 6.33. The van der Waals surface area contributed by atoms with E-state index in [1.807, 2.05) is 42.7 Å². The van der Waals surface area contributed by atoms with Gasteiger partial charge in [-0.1, -0.05) is 30.3 Å². The van der Waals surface area contributed by atoms with Crippen molar-refractivity contribution in [1.82, 2.24) is 5.32 Å². The van der Waals surface area contributed by atoms with Crippen molar-refractivity contribution in [3.05, 3.63) is 65.9 Å². The Kier molecular flexibility index (Phi) is 3.21. The molecule has 19 heavy (non-hydrogen) atoms. The average Bonchev–Trinajstić information content (AvgIpc) is 2.83. The first-order valence-corrected chi connectivity index (χ1v) is 6.33. The van der Waals surface area contributed by atoms with Crippen LogP contribution >= 0.6 is 0 Å². The largest absolute Gasteiger partial charge is 0.464 e. The van der Waals surface area contributed by atoms with Crippen LogP contribution in [0, 0.1) is 0 Å².